The number of hydrogen-bond donors (Lipinski definition) is 2. The summed E-state index contributed by atoms with van der Waals surface area (Å²) < 4.78 is 12.9. The third-order valence-corrected chi connectivity index (χ3v) is 2.42. The standard InChI is InChI=1S/C13H19FN2O/c1-10(15-6-7-16-11(2)17)8-12-4-3-5-13(14)9-12/h3-5,9-10,15H,6-8H2,1-2H3,(H,16,17). The molecule has 0 bridgehead atoms. The second-order valence-corrected chi connectivity index (χ2v) is 4.17. The first-order valence-electron chi connectivity index (χ1n) is 5.80. The van der Waals surface area contributed by atoms with Crippen molar-refractivity contribution in [1.29, 1.82) is 0 Å². The summed E-state index contributed by atoms with van der Waals surface area (Å²) in [6.45, 7) is 4.87. The fraction of sp³-hybridized carbons (Fsp3) is 0.462. The topological polar surface area (TPSA) is 41.1 Å². The minimum atomic E-state index is -0.201. The lowest BCUT2D eigenvalue weighted by Gasteiger charge is -2.14. The highest BCUT2D eigenvalue weighted by atomic mass is 19.1. The van der Waals surface area contributed by atoms with Gasteiger partial charge in [0.15, 0.2) is 0 Å². The van der Waals surface area contributed by atoms with Crippen molar-refractivity contribution in [2.75, 3.05) is 13.1 Å². The Balaban J connectivity index is 2.25. The van der Waals surface area contributed by atoms with Gasteiger partial charge in [-0.05, 0) is 31.0 Å². The summed E-state index contributed by atoms with van der Waals surface area (Å²) in [4.78, 5) is 10.6. The van der Waals surface area contributed by atoms with Crippen LogP contribution in [0.1, 0.15) is 19.4 Å². The summed E-state index contributed by atoms with van der Waals surface area (Å²) in [5.41, 5.74) is 0.976. The van der Waals surface area contributed by atoms with E-state index in [1.165, 1.54) is 13.0 Å². The Morgan fingerprint density at radius 2 is 2.18 bits per heavy atom. The Morgan fingerprint density at radius 3 is 2.82 bits per heavy atom. The van der Waals surface area contributed by atoms with E-state index in [1.54, 1.807) is 12.1 Å². The largest absolute Gasteiger partial charge is 0.355 e. The van der Waals surface area contributed by atoms with Gasteiger partial charge in [0.25, 0.3) is 0 Å². The van der Waals surface area contributed by atoms with Crippen LogP contribution in [0.2, 0.25) is 0 Å². The predicted octanol–water partition coefficient (Wildman–Crippen LogP) is 1.48. The van der Waals surface area contributed by atoms with Crippen LogP contribution >= 0.6 is 0 Å². The number of hydrogen-bond acceptors (Lipinski definition) is 2. The van der Waals surface area contributed by atoms with E-state index in [-0.39, 0.29) is 17.8 Å². The van der Waals surface area contributed by atoms with E-state index in [4.69, 9.17) is 0 Å². The lowest BCUT2D eigenvalue weighted by atomic mass is 10.1. The molecule has 0 aliphatic heterocycles. The van der Waals surface area contributed by atoms with Gasteiger partial charge in [0.05, 0.1) is 0 Å². The number of nitrogens with one attached hydrogen (secondary N) is 2. The maximum Gasteiger partial charge on any atom is 0.216 e. The fourth-order valence-corrected chi connectivity index (χ4v) is 1.65. The van der Waals surface area contributed by atoms with Gasteiger partial charge in [0, 0.05) is 26.1 Å². The number of rotatable bonds is 6. The molecule has 0 fully saturated rings. The fourth-order valence-electron chi connectivity index (χ4n) is 1.65. The van der Waals surface area contributed by atoms with Gasteiger partial charge in [-0.1, -0.05) is 12.1 Å². The van der Waals surface area contributed by atoms with Crippen LogP contribution in [0.4, 0.5) is 4.39 Å². The quantitative estimate of drug-likeness (QED) is 0.737. The molecule has 0 aromatic heterocycles. The molecule has 4 heteroatoms. The molecule has 0 aliphatic rings. The van der Waals surface area contributed by atoms with Crippen molar-refractivity contribution in [1.82, 2.24) is 10.6 Å². The summed E-state index contributed by atoms with van der Waals surface area (Å²) in [7, 11) is 0. The van der Waals surface area contributed by atoms with Crippen LogP contribution in [0.5, 0.6) is 0 Å². The Bertz CT molecular complexity index is 368. The number of halogens is 1. The molecule has 0 heterocycles. The zero-order valence-electron chi connectivity index (χ0n) is 10.3. The number of carbonyl (C=O) groups is 1. The summed E-state index contributed by atoms with van der Waals surface area (Å²) >= 11 is 0. The van der Waals surface area contributed by atoms with Crippen molar-refractivity contribution in [2.24, 2.45) is 0 Å². The minimum absolute atomic E-state index is 0.0235. The van der Waals surface area contributed by atoms with Crippen LogP contribution in [-0.4, -0.2) is 25.0 Å². The van der Waals surface area contributed by atoms with Crippen LogP contribution in [0.15, 0.2) is 24.3 Å². The Kier molecular flexibility index (Phi) is 5.63. The summed E-state index contributed by atoms with van der Waals surface area (Å²) in [6, 6.07) is 6.87. The molecule has 1 aromatic rings. The summed E-state index contributed by atoms with van der Waals surface area (Å²) in [5.74, 6) is -0.225. The van der Waals surface area contributed by atoms with Gasteiger partial charge in [0.2, 0.25) is 5.91 Å². The van der Waals surface area contributed by atoms with Crippen LogP contribution in [0.3, 0.4) is 0 Å². The minimum Gasteiger partial charge on any atom is -0.355 e. The van der Waals surface area contributed by atoms with Gasteiger partial charge >= 0.3 is 0 Å². The third kappa shape index (κ3) is 6.02. The highest BCUT2D eigenvalue weighted by molar-refractivity contribution is 5.72. The van der Waals surface area contributed by atoms with Gasteiger partial charge in [-0.25, -0.2) is 4.39 Å². The molecule has 17 heavy (non-hydrogen) atoms. The zero-order valence-corrected chi connectivity index (χ0v) is 10.3. The van der Waals surface area contributed by atoms with Crippen molar-refractivity contribution < 1.29 is 9.18 Å². The highest BCUT2D eigenvalue weighted by Crippen LogP contribution is 2.06. The van der Waals surface area contributed by atoms with E-state index in [1.807, 2.05) is 13.0 Å². The number of benzene rings is 1. The van der Waals surface area contributed by atoms with Gasteiger partial charge < -0.3 is 10.6 Å². The van der Waals surface area contributed by atoms with Crippen molar-refractivity contribution >= 4 is 5.91 Å². The molecule has 0 saturated heterocycles. The third-order valence-electron chi connectivity index (χ3n) is 2.42. The van der Waals surface area contributed by atoms with Gasteiger partial charge in [0.1, 0.15) is 5.82 Å². The first-order valence-corrected chi connectivity index (χ1v) is 5.80. The predicted molar refractivity (Wildman–Crippen MR) is 66.3 cm³/mol. The first kappa shape index (κ1) is 13.6. The lowest BCUT2D eigenvalue weighted by molar-refractivity contribution is -0.118. The number of carbonyl (C=O) groups excluding carboxylic acids is 1. The molecule has 0 aliphatic carbocycles. The molecule has 1 amide bonds. The molecule has 0 saturated carbocycles. The van der Waals surface area contributed by atoms with E-state index >= 15 is 0 Å². The van der Waals surface area contributed by atoms with Gasteiger partial charge in [-0.15, -0.1) is 0 Å². The number of amides is 1. The highest BCUT2D eigenvalue weighted by Gasteiger charge is 2.03. The maximum absolute atomic E-state index is 12.9. The molecule has 94 valence electrons. The Morgan fingerprint density at radius 1 is 1.41 bits per heavy atom. The van der Waals surface area contributed by atoms with Crippen molar-refractivity contribution in [3.05, 3.63) is 35.6 Å². The molecule has 0 spiro atoms. The average molecular weight is 238 g/mol. The maximum atomic E-state index is 12.9. The van der Waals surface area contributed by atoms with Crippen molar-refractivity contribution in [2.45, 2.75) is 26.3 Å². The molecule has 1 unspecified atom stereocenters. The average Bonchev–Trinajstić information content (AvgIpc) is 2.24. The molecular weight excluding hydrogens is 219 g/mol. The molecule has 3 nitrogen and oxygen atoms in total. The molecule has 1 rings (SSSR count). The second-order valence-electron chi connectivity index (χ2n) is 4.17. The van der Waals surface area contributed by atoms with Gasteiger partial charge in [-0.2, -0.15) is 0 Å². The molecule has 2 N–H and O–H groups in total. The van der Waals surface area contributed by atoms with E-state index in [0.29, 0.717) is 6.54 Å². The molecule has 0 radical (unpaired) electrons. The van der Waals surface area contributed by atoms with Crippen LogP contribution < -0.4 is 10.6 Å². The monoisotopic (exact) mass is 238 g/mol. The second kappa shape index (κ2) is 7.01. The van der Waals surface area contributed by atoms with Crippen molar-refractivity contribution in [3.8, 4) is 0 Å². The van der Waals surface area contributed by atoms with E-state index in [9.17, 15) is 9.18 Å². The first-order chi connectivity index (χ1) is 8.08. The van der Waals surface area contributed by atoms with Gasteiger partial charge in [-0.3, -0.25) is 4.79 Å². The Hall–Kier alpha value is -1.42. The molecule has 1 aromatic carbocycles. The Labute approximate surface area is 101 Å². The SMILES string of the molecule is CC(=O)NCCNC(C)Cc1cccc(F)c1. The molecule has 1 atom stereocenters. The van der Waals surface area contributed by atoms with Crippen LogP contribution in [0, 0.1) is 5.82 Å². The summed E-state index contributed by atoms with van der Waals surface area (Å²) in [5, 5.41) is 5.98. The normalized spacial score (nSPS) is 12.2. The van der Waals surface area contributed by atoms with Crippen LogP contribution in [0.25, 0.3) is 0 Å². The summed E-state index contributed by atoms with van der Waals surface area (Å²) in [6.07, 6.45) is 0.776. The van der Waals surface area contributed by atoms with E-state index < -0.39 is 0 Å². The smallest absolute Gasteiger partial charge is 0.216 e. The van der Waals surface area contributed by atoms with E-state index in [2.05, 4.69) is 10.6 Å². The molecular formula is C13H19FN2O. The van der Waals surface area contributed by atoms with E-state index in [0.717, 1.165) is 18.5 Å². The zero-order chi connectivity index (χ0) is 12.7. The van der Waals surface area contributed by atoms with Crippen molar-refractivity contribution in [3.63, 3.8) is 0 Å². The lowest BCUT2D eigenvalue weighted by Crippen LogP contribution is -2.35. The van der Waals surface area contributed by atoms with Crippen LogP contribution in [-0.2, 0) is 11.2 Å².